The van der Waals surface area contributed by atoms with Crippen LogP contribution in [0.1, 0.15) is 17.7 Å². The van der Waals surface area contributed by atoms with Crippen molar-refractivity contribution in [2.45, 2.75) is 30.0 Å². The number of carbonyl (C=O) groups excluding carboxylic acids is 1. The summed E-state index contributed by atoms with van der Waals surface area (Å²) in [6.45, 7) is 2.28. The number of ether oxygens (including phenoxy) is 1. The predicted octanol–water partition coefficient (Wildman–Crippen LogP) is 3.98. The second-order valence-electron chi connectivity index (χ2n) is 6.85. The van der Waals surface area contributed by atoms with Crippen molar-refractivity contribution >= 4 is 43.7 Å². The molecule has 3 heterocycles. The Morgan fingerprint density at radius 2 is 2.03 bits per heavy atom. The number of aromatic nitrogens is 1. The molecule has 30 heavy (non-hydrogen) atoms. The number of thiophene rings is 1. The summed E-state index contributed by atoms with van der Waals surface area (Å²) in [5, 5.41) is 5.01. The summed E-state index contributed by atoms with van der Waals surface area (Å²) in [6, 6.07) is 10.1. The van der Waals surface area contributed by atoms with Crippen LogP contribution in [0.3, 0.4) is 0 Å². The molecule has 1 aliphatic rings. The summed E-state index contributed by atoms with van der Waals surface area (Å²) in [4.78, 5) is 18.4. The van der Waals surface area contributed by atoms with Crippen molar-refractivity contribution in [2.75, 3.05) is 19.0 Å². The van der Waals surface area contributed by atoms with Crippen molar-refractivity contribution in [1.82, 2.24) is 9.29 Å². The Bertz CT molecular complexity index is 1140. The van der Waals surface area contributed by atoms with Gasteiger partial charge < -0.3 is 10.1 Å². The molecule has 7 nitrogen and oxygen atoms in total. The molecule has 0 bridgehead atoms. The van der Waals surface area contributed by atoms with Crippen LogP contribution in [0.4, 0.5) is 5.13 Å². The molecule has 1 N–H and O–H groups in total. The van der Waals surface area contributed by atoms with E-state index >= 15 is 0 Å². The highest BCUT2D eigenvalue weighted by atomic mass is 32.2. The van der Waals surface area contributed by atoms with Crippen molar-refractivity contribution in [2.24, 2.45) is 0 Å². The van der Waals surface area contributed by atoms with E-state index in [1.165, 1.54) is 15.6 Å². The van der Waals surface area contributed by atoms with E-state index in [1.54, 1.807) is 24.6 Å². The summed E-state index contributed by atoms with van der Waals surface area (Å²) in [5.74, 6) is 0.413. The summed E-state index contributed by atoms with van der Waals surface area (Å²) in [6.07, 6.45) is 1.14. The number of thiazole rings is 1. The van der Waals surface area contributed by atoms with Gasteiger partial charge in [0.2, 0.25) is 5.91 Å². The molecule has 0 unspecified atom stereocenters. The molecule has 10 heteroatoms. The van der Waals surface area contributed by atoms with E-state index in [0.29, 0.717) is 24.5 Å². The third-order valence-electron chi connectivity index (χ3n) is 4.95. The Balaban J connectivity index is 1.52. The van der Waals surface area contributed by atoms with Crippen molar-refractivity contribution in [3.63, 3.8) is 0 Å². The summed E-state index contributed by atoms with van der Waals surface area (Å²) in [7, 11) is -2.06. The van der Waals surface area contributed by atoms with E-state index in [0.717, 1.165) is 33.2 Å². The molecule has 1 saturated heterocycles. The second kappa shape index (κ2) is 8.46. The number of methoxy groups -OCH3 is 1. The zero-order valence-corrected chi connectivity index (χ0v) is 18.9. The van der Waals surface area contributed by atoms with Gasteiger partial charge in [0.1, 0.15) is 16.0 Å². The van der Waals surface area contributed by atoms with Gasteiger partial charge in [-0.3, -0.25) is 4.79 Å². The highest BCUT2D eigenvalue weighted by Gasteiger charge is 2.40. The van der Waals surface area contributed by atoms with E-state index in [-0.39, 0.29) is 10.1 Å². The van der Waals surface area contributed by atoms with Gasteiger partial charge in [-0.1, -0.05) is 6.07 Å². The lowest BCUT2D eigenvalue weighted by Gasteiger charge is -2.22. The lowest BCUT2D eigenvalue weighted by atomic mass is 10.1. The fourth-order valence-electron chi connectivity index (χ4n) is 3.47. The number of hydrogen-bond donors (Lipinski definition) is 1. The molecular formula is C20H21N3O4S3. The maximum Gasteiger partial charge on any atom is 0.253 e. The zero-order valence-electron chi connectivity index (χ0n) is 16.5. The fraction of sp³-hybridized carbons (Fsp3) is 0.300. The first-order chi connectivity index (χ1) is 14.4. The number of anilines is 1. The van der Waals surface area contributed by atoms with Crippen molar-refractivity contribution in [3.8, 4) is 17.0 Å². The minimum Gasteiger partial charge on any atom is -0.497 e. The Morgan fingerprint density at radius 1 is 1.27 bits per heavy atom. The first kappa shape index (κ1) is 21.0. The highest BCUT2D eigenvalue weighted by Crippen LogP contribution is 2.33. The van der Waals surface area contributed by atoms with Crippen LogP contribution in [0, 0.1) is 6.92 Å². The number of benzene rings is 1. The lowest BCUT2D eigenvalue weighted by Crippen LogP contribution is -2.42. The number of carbonyl (C=O) groups is 1. The van der Waals surface area contributed by atoms with Crippen LogP contribution in [0.25, 0.3) is 11.3 Å². The molecular weight excluding hydrogens is 442 g/mol. The molecule has 1 aromatic carbocycles. The number of sulfonamides is 1. The Kier molecular flexibility index (Phi) is 5.92. The van der Waals surface area contributed by atoms with Crippen LogP contribution in [-0.2, 0) is 14.8 Å². The molecule has 2 aromatic heterocycles. The van der Waals surface area contributed by atoms with Gasteiger partial charge in [0.15, 0.2) is 5.13 Å². The molecule has 1 aliphatic heterocycles. The number of aryl methyl sites for hydroxylation is 1. The third kappa shape index (κ3) is 4.00. The van der Waals surface area contributed by atoms with E-state index in [2.05, 4.69) is 10.3 Å². The Morgan fingerprint density at radius 3 is 2.70 bits per heavy atom. The summed E-state index contributed by atoms with van der Waals surface area (Å²) >= 11 is 2.53. The SMILES string of the molecule is COc1ccc(-c2nc(NC(=O)[C@@H]3CCCN3S(=O)(=O)c3cccs3)sc2C)cc1. The monoisotopic (exact) mass is 463 g/mol. The summed E-state index contributed by atoms with van der Waals surface area (Å²) < 4.78 is 32.5. The van der Waals surface area contributed by atoms with E-state index in [9.17, 15) is 13.2 Å². The maximum atomic E-state index is 12.9. The maximum absolute atomic E-state index is 12.9. The molecule has 0 radical (unpaired) electrons. The van der Waals surface area contributed by atoms with Gasteiger partial charge in [-0.05, 0) is 55.5 Å². The first-order valence-electron chi connectivity index (χ1n) is 9.38. The van der Waals surface area contributed by atoms with Gasteiger partial charge in [0.05, 0.1) is 12.8 Å². The van der Waals surface area contributed by atoms with Crippen molar-refractivity contribution in [1.29, 1.82) is 0 Å². The van der Waals surface area contributed by atoms with Crippen LogP contribution in [-0.4, -0.2) is 43.3 Å². The average Bonchev–Trinajstić information content (AvgIpc) is 3.49. The van der Waals surface area contributed by atoms with Gasteiger partial charge in [-0.25, -0.2) is 13.4 Å². The van der Waals surface area contributed by atoms with E-state index in [1.807, 2.05) is 31.2 Å². The summed E-state index contributed by atoms with van der Waals surface area (Å²) in [5.41, 5.74) is 1.71. The largest absolute Gasteiger partial charge is 0.497 e. The minimum atomic E-state index is -3.67. The quantitative estimate of drug-likeness (QED) is 0.597. The number of nitrogens with zero attached hydrogens (tertiary/aromatic N) is 2. The lowest BCUT2D eigenvalue weighted by molar-refractivity contribution is -0.119. The highest BCUT2D eigenvalue weighted by molar-refractivity contribution is 7.91. The van der Waals surface area contributed by atoms with Gasteiger partial charge in [0, 0.05) is 17.0 Å². The first-order valence-corrected chi connectivity index (χ1v) is 12.5. The Labute approximate surface area is 183 Å². The number of rotatable bonds is 6. The standard InChI is InChI=1S/C20H21N3O4S3/c1-13-18(14-7-9-15(27-2)10-8-14)21-20(29-13)22-19(24)16-5-3-11-23(16)30(25,26)17-6-4-12-28-17/h4,6-10,12,16H,3,5,11H2,1-2H3,(H,21,22,24)/t16-/m0/s1. The molecule has 158 valence electrons. The van der Waals surface area contributed by atoms with Crippen LogP contribution in [0.15, 0.2) is 46.0 Å². The molecule has 4 rings (SSSR count). The number of nitrogens with one attached hydrogen (secondary N) is 1. The zero-order chi connectivity index (χ0) is 21.3. The van der Waals surface area contributed by atoms with Crippen LogP contribution in [0.2, 0.25) is 0 Å². The topological polar surface area (TPSA) is 88.6 Å². The van der Waals surface area contributed by atoms with Crippen molar-refractivity contribution in [3.05, 3.63) is 46.7 Å². The predicted molar refractivity (Wildman–Crippen MR) is 119 cm³/mol. The smallest absolute Gasteiger partial charge is 0.253 e. The molecule has 1 amide bonds. The van der Waals surface area contributed by atoms with Gasteiger partial charge in [-0.2, -0.15) is 4.31 Å². The van der Waals surface area contributed by atoms with E-state index in [4.69, 9.17) is 4.74 Å². The second-order valence-corrected chi connectivity index (χ2v) is 11.1. The van der Waals surface area contributed by atoms with Gasteiger partial charge >= 0.3 is 0 Å². The molecule has 0 saturated carbocycles. The average molecular weight is 464 g/mol. The van der Waals surface area contributed by atoms with Crippen LogP contribution in [0.5, 0.6) is 5.75 Å². The van der Waals surface area contributed by atoms with Crippen LogP contribution >= 0.6 is 22.7 Å². The van der Waals surface area contributed by atoms with Crippen molar-refractivity contribution < 1.29 is 17.9 Å². The van der Waals surface area contributed by atoms with Gasteiger partial charge in [0.25, 0.3) is 10.0 Å². The fourth-order valence-corrected chi connectivity index (χ4v) is 7.09. The molecule has 1 atom stereocenters. The van der Waals surface area contributed by atoms with Gasteiger partial charge in [-0.15, -0.1) is 22.7 Å². The number of hydrogen-bond acceptors (Lipinski definition) is 7. The third-order valence-corrected chi connectivity index (χ3v) is 9.12. The molecule has 1 fully saturated rings. The van der Waals surface area contributed by atoms with E-state index < -0.39 is 16.1 Å². The molecule has 3 aromatic rings. The molecule has 0 spiro atoms. The normalized spacial score (nSPS) is 17.2. The van der Waals surface area contributed by atoms with Crippen LogP contribution < -0.4 is 10.1 Å². The minimum absolute atomic E-state index is 0.258. The molecule has 0 aliphatic carbocycles. The number of amides is 1. The Hall–Kier alpha value is -2.27.